The van der Waals surface area contributed by atoms with Gasteiger partial charge in [-0.15, -0.1) is 10.2 Å². The summed E-state index contributed by atoms with van der Waals surface area (Å²) in [6.07, 6.45) is 7.24. The van der Waals surface area contributed by atoms with Crippen LogP contribution in [-0.2, 0) is 11.3 Å². The number of rotatable bonds is 4. The van der Waals surface area contributed by atoms with Crippen LogP contribution in [0.1, 0.15) is 31.2 Å². The molecule has 1 unspecified atom stereocenters. The summed E-state index contributed by atoms with van der Waals surface area (Å²) >= 11 is 0. The highest BCUT2D eigenvalue weighted by Crippen LogP contribution is 2.33. The van der Waals surface area contributed by atoms with Crippen molar-refractivity contribution < 1.29 is 9.21 Å². The lowest BCUT2D eigenvalue weighted by Crippen LogP contribution is -2.42. The summed E-state index contributed by atoms with van der Waals surface area (Å²) in [6.45, 7) is 0.498. The number of likely N-dealkylation sites (tertiary alicyclic amines) is 1. The summed E-state index contributed by atoms with van der Waals surface area (Å²) in [5.41, 5.74) is 0.166. The maximum atomic E-state index is 13.0. The number of hydrogen-bond acceptors (Lipinski definition) is 7. The number of fused-ring (bicyclic) bond motifs is 1. The maximum Gasteiger partial charge on any atom is 0.347 e. The first kappa shape index (κ1) is 19.1. The zero-order valence-corrected chi connectivity index (χ0v) is 16.7. The molecule has 9 heteroatoms. The van der Waals surface area contributed by atoms with E-state index in [4.69, 9.17) is 4.42 Å². The van der Waals surface area contributed by atoms with Crippen molar-refractivity contribution in [3.8, 4) is 11.6 Å². The lowest BCUT2D eigenvalue weighted by molar-refractivity contribution is -0.136. The standard InChI is InChI=1S/C22H20N6O3/c29-18(14-27-12-5-10-24-22(27)30)28-13-4-3-8-17(28)20-25-26-21(31-20)19-16-7-2-1-6-15(16)9-11-23-19/h1-2,5-7,9-12,17H,3-4,8,13-14H2. The molecule has 0 radical (unpaired) electrons. The van der Waals surface area contributed by atoms with Crippen molar-refractivity contribution in [1.82, 2.24) is 29.6 Å². The molecule has 4 aromatic rings. The number of aromatic nitrogens is 5. The average molecular weight is 416 g/mol. The van der Waals surface area contributed by atoms with E-state index in [0.29, 0.717) is 24.0 Å². The fraction of sp³-hybridized carbons (Fsp3) is 0.273. The van der Waals surface area contributed by atoms with Crippen molar-refractivity contribution in [2.24, 2.45) is 0 Å². The Morgan fingerprint density at radius 3 is 2.87 bits per heavy atom. The molecule has 1 aromatic carbocycles. The van der Waals surface area contributed by atoms with E-state index in [-0.39, 0.29) is 18.5 Å². The van der Waals surface area contributed by atoms with Gasteiger partial charge in [-0.1, -0.05) is 24.3 Å². The molecule has 9 nitrogen and oxygen atoms in total. The number of pyridine rings is 1. The topological polar surface area (TPSA) is 107 Å². The Morgan fingerprint density at radius 2 is 1.97 bits per heavy atom. The summed E-state index contributed by atoms with van der Waals surface area (Å²) in [5.74, 6) is 0.535. The van der Waals surface area contributed by atoms with E-state index in [1.807, 2.05) is 30.3 Å². The van der Waals surface area contributed by atoms with Gasteiger partial charge in [0, 0.05) is 30.5 Å². The van der Waals surface area contributed by atoms with E-state index in [1.54, 1.807) is 23.4 Å². The van der Waals surface area contributed by atoms with E-state index >= 15 is 0 Å². The van der Waals surface area contributed by atoms with Gasteiger partial charge in [-0.3, -0.25) is 14.3 Å². The highest BCUT2D eigenvalue weighted by Gasteiger charge is 2.32. The predicted octanol–water partition coefficient (Wildman–Crippen LogP) is 2.60. The summed E-state index contributed by atoms with van der Waals surface area (Å²) < 4.78 is 7.31. The SMILES string of the molecule is O=C(Cn1cccnc1=O)N1CCCCC1c1nnc(-c2nccc3ccccc23)o1. The third kappa shape index (κ3) is 3.70. The Bertz CT molecular complexity index is 1290. The average Bonchev–Trinajstić information content (AvgIpc) is 3.30. The van der Waals surface area contributed by atoms with Crippen LogP contribution in [0.15, 0.2) is 64.2 Å². The van der Waals surface area contributed by atoms with E-state index in [2.05, 4.69) is 20.2 Å². The largest absolute Gasteiger partial charge is 0.417 e. The lowest BCUT2D eigenvalue weighted by atomic mass is 10.0. The molecular weight excluding hydrogens is 396 g/mol. The zero-order chi connectivity index (χ0) is 21.2. The molecule has 31 heavy (non-hydrogen) atoms. The Balaban J connectivity index is 1.43. The van der Waals surface area contributed by atoms with Crippen molar-refractivity contribution in [3.05, 3.63) is 71.4 Å². The number of benzene rings is 1. The van der Waals surface area contributed by atoms with Crippen LogP contribution in [0.2, 0.25) is 0 Å². The van der Waals surface area contributed by atoms with Gasteiger partial charge in [0.25, 0.3) is 5.89 Å². The van der Waals surface area contributed by atoms with Crippen molar-refractivity contribution in [3.63, 3.8) is 0 Å². The van der Waals surface area contributed by atoms with Crippen LogP contribution >= 0.6 is 0 Å². The quantitative estimate of drug-likeness (QED) is 0.503. The van der Waals surface area contributed by atoms with Crippen molar-refractivity contribution >= 4 is 16.7 Å². The number of carbonyl (C=O) groups is 1. The molecule has 5 rings (SSSR count). The van der Waals surface area contributed by atoms with Gasteiger partial charge in [0.2, 0.25) is 11.8 Å². The summed E-state index contributed by atoms with van der Waals surface area (Å²) in [4.78, 5) is 34.7. The molecule has 1 atom stereocenters. The predicted molar refractivity (Wildman–Crippen MR) is 112 cm³/mol. The number of piperidine rings is 1. The molecule has 156 valence electrons. The van der Waals surface area contributed by atoms with Crippen LogP contribution in [0.4, 0.5) is 0 Å². The van der Waals surface area contributed by atoms with Gasteiger partial charge in [-0.2, -0.15) is 0 Å². The van der Waals surface area contributed by atoms with Gasteiger partial charge in [0.15, 0.2) is 0 Å². The van der Waals surface area contributed by atoms with Crippen LogP contribution in [0.25, 0.3) is 22.4 Å². The first-order valence-corrected chi connectivity index (χ1v) is 10.2. The number of nitrogens with zero attached hydrogens (tertiary/aromatic N) is 6. The third-order valence-corrected chi connectivity index (χ3v) is 5.51. The monoisotopic (exact) mass is 416 g/mol. The molecule has 0 bridgehead atoms. The van der Waals surface area contributed by atoms with Gasteiger partial charge < -0.3 is 9.32 Å². The maximum absolute atomic E-state index is 13.0. The molecule has 1 saturated heterocycles. The number of hydrogen-bond donors (Lipinski definition) is 0. The van der Waals surface area contributed by atoms with Crippen LogP contribution in [0, 0.1) is 0 Å². The van der Waals surface area contributed by atoms with Gasteiger partial charge in [0.05, 0.1) is 0 Å². The van der Waals surface area contributed by atoms with Crippen molar-refractivity contribution in [2.75, 3.05) is 6.54 Å². The fourth-order valence-electron chi connectivity index (χ4n) is 3.99. The van der Waals surface area contributed by atoms with Crippen LogP contribution in [0.3, 0.4) is 0 Å². The minimum Gasteiger partial charge on any atom is -0.417 e. The first-order chi connectivity index (χ1) is 15.2. The van der Waals surface area contributed by atoms with Crippen molar-refractivity contribution in [2.45, 2.75) is 31.8 Å². The molecule has 0 aliphatic carbocycles. The molecule has 1 aliphatic heterocycles. The highest BCUT2D eigenvalue weighted by molar-refractivity contribution is 5.92. The second kappa shape index (κ2) is 8.10. The lowest BCUT2D eigenvalue weighted by Gasteiger charge is -2.33. The van der Waals surface area contributed by atoms with E-state index in [1.165, 1.54) is 10.8 Å². The van der Waals surface area contributed by atoms with Crippen molar-refractivity contribution in [1.29, 1.82) is 0 Å². The Hall–Kier alpha value is -3.88. The Labute approximate surface area is 177 Å². The second-order valence-electron chi connectivity index (χ2n) is 7.46. The van der Waals surface area contributed by atoms with Gasteiger partial charge in [0.1, 0.15) is 18.3 Å². The van der Waals surface area contributed by atoms with E-state index < -0.39 is 5.69 Å². The van der Waals surface area contributed by atoms with E-state index in [9.17, 15) is 9.59 Å². The number of carbonyl (C=O) groups excluding carboxylic acids is 1. The van der Waals surface area contributed by atoms with Gasteiger partial charge in [-0.05, 0) is 36.8 Å². The molecule has 4 heterocycles. The minimum absolute atomic E-state index is 0.0744. The molecule has 1 aliphatic rings. The van der Waals surface area contributed by atoms with E-state index in [0.717, 1.165) is 30.0 Å². The molecule has 0 spiro atoms. The zero-order valence-electron chi connectivity index (χ0n) is 16.7. The fourth-order valence-corrected chi connectivity index (χ4v) is 3.99. The summed E-state index contributed by atoms with van der Waals surface area (Å²) in [6, 6.07) is 11.1. The van der Waals surface area contributed by atoms with Gasteiger partial charge >= 0.3 is 5.69 Å². The number of amides is 1. The Kier molecular flexibility index (Phi) is 4.99. The normalized spacial score (nSPS) is 16.5. The third-order valence-electron chi connectivity index (χ3n) is 5.51. The minimum atomic E-state index is -0.452. The van der Waals surface area contributed by atoms with Crippen LogP contribution in [0.5, 0.6) is 0 Å². The second-order valence-corrected chi connectivity index (χ2v) is 7.46. The molecule has 3 aromatic heterocycles. The van der Waals surface area contributed by atoms with Crippen LogP contribution in [-0.4, -0.2) is 42.1 Å². The summed E-state index contributed by atoms with van der Waals surface area (Å²) in [5, 5.41) is 10.4. The molecule has 0 N–H and O–H groups in total. The van der Waals surface area contributed by atoms with Crippen LogP contribution < -0.4 is 5.69 Å². The molecular formula is C22H20N6O3. The summed E-state index contributed by atoms with van der Waals surface area (Å²) in [7, 11) is 0. The highest BCUT2D eigenvalue weighted by atomic mass is 16.4. The Morgan fingerprint density at radius 1 is 1.06 bits per heavy atom. The van der Waals surface area contributed by atoms with Gasteiger partial charge in [-0.25, -0.2) is 9.78 Å². The smallest absolute Gasteiger partial charge is 0.347 e. The first-order valence-electron chi connectivity index (χ1n) is 10.2. The molecule has 0 saturated carbocycles. The molecule has 1 fully saturated rings. The molecule has 1 amide bonds.